The highest BCUT2D eigenvalue weighted by Gasteiger charge is 2.44. The molecule has 0 saturated carbocycles. The van der Waals surface area contributed by atoms with Gasteiger partial charge in [0.25, 0.3) is 0 Å². The number of hydrogen-bond acceptors (Lipinski definition) is 10. The fraction of sp³-hybridized carbons (Fsp3) is 0.893. The summed E-state index contributed by atoms with van der Waals surface area (Å²) in [7, 11) is 0. The first kappa shape index (κ1) is 63.2. The van der Waals surface area contributed by atoms with Crippen LogP contribution in [0.5, 0.6) is 0 Å². The summed E-state index contributed by atoms with van der Waals surface area (Å²) in [6.45, 7) is 4.28. The summed E-state index contributed by atoms with van der Waals surface area (Å²) in [6, 6.07) is -0.817. The Morgan fingerprint density at radius 3 is 1.43 bits per heavy atom. The van der Waals surface area contributed by atoms with E-state index >= 15 is 0 Å². The smallest absolute Gasteiger partial charge is 0.305 e. The highest BCUT2D eigenvalue weighted by atomic mass is 16.7. The van der Waals surface area contributed by atoms with Crippen LogP contribution in [-0.2, 0) is 23.8 Å². The third-order valence-corrected chi connectivity index (χ3v) is 13.3. The molecule has 1 aliphatic heterocycles. The van der Waals surface area contributed by atoms with Crippen LogP contribution in [0.25, 0.3) is 0 Å². The number of aliphatic hydroxyl groups excluding tert-OH is 5. The monoisotopic (exact) mass is 952 g/mol. The van der Waals surface area contributed by atoms with Gasteiger partial charge in [-0.1, -0.05) is 212 Å². The lowest BCUT2D eigenvalue weighted by Crippen LogP contribution is -2.60. The second-order valence-electron chi connectivity index (χ2n) is 19.6. The Morgan fingerprint density at radius 1 is 0.537 bits per heavy atom. The van der Waals surface area contributed by atoms with Gasteiger partial charge in [-0.25, -0.2) is 0 Å². The number of carbonyl (C=O) groups excluding carboxylic acids is 2. The molecule has 7 unspecified atom stereocenters. The van der Waals surface area contributed by atoms with Crippen LogP contribution in [0.2, 0.25) is 0 Å². The fourth-order valence-corrected chi connectivity index (χ4v) is 8.78. The number of esters is 1. The lowest BCUT2D eigenvalue weighted by Gasteiger charge is -2.40. The zero-order valence-electron chi connectivity index (χ0n) is 43.1. The summed E-state index contributed by atoms with van der Waals surface area (Å²) in [4.78, 5) is 25.0. The van der Waals surface area contributed by atoms with E-state index in [-0.39, 0.29) is 18.5 Å². The quantitative estimate of drug-likeness (QED) is 0.0196. The number of unbranched alkanes of at least 4 members (excludes halogenated alkanes) is 32. The molecule has 1 aliphatic rings. The normalized spacial score (nSPS) is 19.7. The van der Waals surface area contributed by atoms with Crippen molar-refractivity contribution in [2.45, 2.75) is 301 Å². The molecule has 11 nitrogen and oxygen atoms in total. The zero-order valence-corrected chi connectivity index (χ0v) is 43.1. The Kier molecular flexibility index (Phi) is 43.8. The molecule has 67 heavy (non-hydrogen) atoms. The molecule has 394 valence electrons. The Balaban J connectivity index is 2.08. The molecule has 1 rings (SSSR count). The first-order chi connectivity index (χ1) is 32.7. The first-order valence-electron chi connectivity index (χ1n) is 28.1. The zero-order chi connectivity index (χ0) is 48.8. The average molecular weight is 952 g/mol. The predicted octanol–water partition coefficient (Wildman–Crippen LogP) is 12.2. The topological polar surface area (TPSA) is 175 Å². The van der Waals surface area contributed by atoms with Gasteiger partial charge in [0.05, 0.1) is 32.0 Å². The molecular formula is C56H105NO10. The van der Waals surface area contributed by atoms with Gasteiger partial charge in [0.2, 0.25) is 5.91 Å². The number of rotatable bonds is 48. The van der Waals surface area contributed by atoms with Crippen LogP contribution >= 0.6 is 0 Å². The summed E-state index contributed by atoms with van der Waals surface area (Å²) in [6.07, 6.45) is 44.1. The molecule has 0 aliphatic carbocycles. The van der Waals surface area contributed by atoms with E-state index < -0.39 is 49.5 Å². The van der Waals surface area contributed by atoms with Crippen molar-refractivity contribution in [1.82, 2.24) is 5.32 Å². The van der Waals surface area contributed by atoms with Gasteiger partial charge >= 0.3 is 5.97 Å². The Labute approximate surface area is 410 Å². The van der Waals surface area contributed by atoms with Crippen molar-refractivity contribution < 1.29 is 49.3 Å². The van der Waals surface area contributed by atoms with Crippen LogP contribution in [0.3, 0.4) is 0 Å². The van der Waals surface area contributed by atoms with Gasteiger partial charge in [0.15, 0.2) is 6.29 Å². The van der Waals surface area contributed by atoms with Crippen molar-refractivity contribution in [3.05, 3.63) is 24.3 Å². The second kappa shape index (κ2) is 46.5. The molecule has 6 N–H and O–H groups in total. The largest absolute Gasteiger partial charge is 0.466 e. The standard InChI is InChI=1S/C56H105NO10/c1-3-5-7-9-11-13-14-20-24-28-32-36-40-44-52(61)65-45-41-37-33-29-25-22-19-17-15-16-18-21-23-27-31-35-39-43-51(60)57-48(49(59)42-38-34-30-26-12-10-8-6-4-2)47-66-56-55(64)54(63)53(62)50(46-58)67-56/h15,17,38,42,48-50,53-56,58-59,62-64H,3-14,16,18-37,39-41,43-47H2,1-2H3,(H,57,60)/b17-15-,42-38+. The number of aliphatic hydroxyl groups is 5. The molecule has 0 bridgehead atoms. The minimum atomic E-state index is -1.57. The van der Waals surface area contributed by atoms with Gasteiger partial charge in [-0.3, -0.25) is 9.59 Å². The first-order valence-corrected chi connectivity index (χ1v) is 28.1. The van der Waals surface area contributed by atoms with Crippen molar-refractivity contribution in [3.8, 4) is 0 Å². The maximum absolute atomic E-state index is 13.0. The van der Waals surface area contributed by atoms with Gasteiger partial charge in [0.1, 0.15) is 24.4 Å². The molecule has 1 saturated heterocycles. The second-order valence-corrected chi connectivity index (χ2v) is 19.6. The van der Waals surface area contributed by atoms with E-state index in [0.29, 0.717) is 19.4 Å². The Bertz CT molecular complexity index is 1170. The average Bonchev–Trinajstić information content (AvgIpc) is 3.32. The number of nitrogens with one attached hydrogen (secondary N) is 1. The van der Waals surface area contributed by atoms with Gasteiger partial charge < -0.3 is 45.1 Å². The molecule has 1 amide bonds. The molecule has 0 radical (unpaired) electrons. The molecule has 7 atom stereocenters. The molecule has 0 aromatic rings. The van der Waals surface area contributed by atoms with Crippen molar-refractivity contribution in [2.24, 2.45) is 0 Å². The molecule has 11 heteroatoms. The van der Waals surface area contributed by atoms with Gasteiger partial charge in [0, 0.05) is 12.8 Å². The molecule has 0 spiro atoms. The minimum absolute atomic E-state index is 0.0174. The predicted molar refractivity (Wildman–Crippen MR) is 274 cm³/mol. The van der Waals surface area contributed by atoms with Crippen molar-refractivity contribution in [3.63, 3.8) is 0 Å². The maximum atomic E-state index is 13.0. The number of carbonyl (C=O) groups is 2. The lowest BCUT2D eigenvalue weighted by molar-refractivity contribution is -0.302. The van der Waals surface area contributed by atoms with Crippen LogP contribution in [0.4, 0.5) is 0 Å². The van der Waals surface area contributed by atoms with Gasteiger partial charge in [-0.15, -0.1) is 0 Å². The molecule has 0 aromatic heterocycles. The highest BCUT2D eigenvalue weighted by molar-refractivity contribution is 5.76. The fourth-order valence-electron chi connectivity index (χ4n) is 8.78. The number of hydrogen-bond donors (Lipinski definition) is 6. The molecular weight excluding hydrogens is 847 g/mol. The third kappa shape index (κ3) is 36.7. The summed E-state index contributed by atoms with van der Waals surface area (Å²) < 4.78 is 16.6. The summed E-state index contributed by atoms with van der Waals surface area (Å²) in [5.41, 5.74) is 0. The van der Waals surface area contributed by atoms with Crippen LogP contribution in [0.1, 0.15) is 258 Å². The van der Waals surface area contributed by atoms with Crippen LogP contribution in [0.15, 0.2) is 24.3 Å². The van der Waals surface area contributed by atoms with Crippen LogP contribution in [-0.4, -0.2) is 100 Å². The Hall–Kier alpha value is -1.86. The maximum Gasteiger partial charge on any atom is 0.305 e. The summed E-state index contributed by atoms with van der Waals surface area (Å²) in [5, 5.41) is 54.1. The minimum Gasteiger partial charge on any atom is -0.466 e. The third-order valence-electron chi connectivity index (χ3n) is 13.3. The molecule has 1 heterocycles. The molecule has 0 aromatic carbocycles. The molecule has 1 fully saturated rings. The number of ether oxygens (including phenoxy) is 3. The number of amides is 1. The van der Waals surface area contributed by atoms with E-state index in [4.69, 9.17) is 14.2 Å². The number of allylic oxidation sites excluding steroid dienone is 3. The highest BCUT2D eigenvalue weighted by Crippen LogP contribution is 2.23. The van der Waals surface area contributed by atoms with Crippen molar-refractivity contribution in [1.29, 1.82) is 0 Å². The van der Waals surface area contributed by atoms with Crippen LogP contribution < -0.4 is 5.32 Å². The summed E-state index contributed by atoms with van der Waals surface area (Å²) >= 11 is 0. The van der Waals surface area contributed by atoms with Gasteiger partial charge in [-0.05, 0) is 57.8 Å². The van der Waals surface area contributed by atoms with Crippen LogP contribution in [0, 0.1) is 0 Å². The van der Waals surface area contributed by atoms with Crippen molar-refractivity contribution >= 4 is 11.9 Å². The van der Waals surface area contributed by atoms with E-state index in [1.54, 1.807) is 6.08 Å². The van der Waals surface area contributed by atoms with Gasteiger partial charge in [-0.2, -0.15) is 0 Å². The Morgan fingerprint density at radius 2 is 0.955 bits per heavy atom. The van der Waals surface area contributed by atoms with Crippen molar-refractivity contribution in [2.75, 3.05) is 19.8 Å². The van der Waals surface area contributed by atoms with E-state index in [1.807, 2.05) is 6.08 Å². The SMILES string of the molecule is CCCCCCCCC/C=C/C(O)C(COC1OC(CO)C(O)C(O)C1O)NC(=O)CCCCCCCCC/C=C\CCCCCCCCOC(=O)CCCCCCCCCCCCCCC. The van der Waals surface area contributed by atoms with E-state index in [1.165, 1.54) is 148 Å². The lowest BCUT2D eigenvalue weighted by atomic mass is 9.99. The van der Waals surface area contributed by atoms with E-state index in [2.05, 4.69) is 31.3 Å². The van der Waals surface area contributed by atoms with E-state index in [9.17, 15) is 35.1 Å². The summed E-state index contributed by atoms with van der Waals surface area (Å²) in [5.74, 6) is -0.213. The van der Waals surface area contributed by atoms with E-state index in [0.717, 1.165) is 83.5 Å².